The summed E-state index contributed by atoms with van der Waals surface area (Å²) in [5.74, 6) is -2.01. The van der Waals surface area contributed by atoms with Crippen molar-refractivity contribution in [2.24, 2.45) is 0 Å². The molecule has 86 valence electrons. The number of nitrogens with one attached hydrogen (secondary N) is 1. The van der Waals surface area contributed by atoms with Crippen LogP contribution < -0.4 is 5.32 Å². The second kappa shape index (κ2) is 5.13. The van der Waals surface area contributed by atoms with Crippen LogP contribution in [0.1, 0.15) is 6.42 Å². The highest BCUT2D eigenvalue weighted by atomic mass is 16.4. The number of aliphatic hydroxyl groups is 1. The van der Waals surface area contributed by atoms with Gasteiger partial charge in [-0.3, -0.25) is 9.59 Å². The number of hydrogen-bond acceptors (Lipinski definition) is 4. The summed E-state index contributed by atoms with van der Waals surface area (Å²) in [5, 5.41) is 28.8. The van der Waals surface area contributed by atoms with E-state index in [-0.39, 0.29) is 5.75 Å². The molecule has 1 aromatic carbocycles. The number of phenols is 1. The number of rotatable bonds is 4. The Bertz CT molecular complexity index is 387. The van der Waals surface area contributed by atoms with Crippen LogP contribution in [0.2, 0.25) is 0 Å². The Labute approximate surface area is 91.1 Å². The fourth-order valence-corrected chi connectivity index (χ4v) is 1.03. The van der Waals surface area contributed by atoms with E-state index in [1.54, 1.807) is 0 Å². The van der Waals surface area contributed by atoms with Crippen LogP contribution in [0, 0.1) is 0 Å². The molecule has 0 aliphatic rings. The van der Waals surface area contributed by atoms with Crippen molar-refractivity contribution in [1.82, 2.24) is 0 Å². The molecule has 4 N–H and O–H groups in total. The lowest BCUT2D eigenvalue weighted by atomic mass is 10.2. The molecule has 0 fully saturated rings. The van der Waals surface area contributed by atoms with E-state index in [1.807, 2.05) is 0 Å². The Morgan fingerprint density at radius 2 is 1.81 bits per heavy atom. The Morgan fingerprint density at radius 1 is 1.25 bits per heavy atom. The van der Waals surface area contributed by atoms with Crippen LogP contribution in [-0.2, 0) is 9.59 Å². The molecular weight excluding hydrogens is 214 g/mol. The predicted molar refractivity (Wildman–Crippen MR) is 55.0 cm³/mol. The maximum absolute atomic E-state index is 11.2. The second-order valence-electron chi connectivity index (χ2n) is 3.15. The van der Waals surface area contributed by atoms with Crippen molar-refractivity contribution in [3.63, 3.8) is 0 Å². The van der Waals surface area contributed by atoms with Crippen molar-refractivity contribution >= 4 is 17.6 Å². The standard InChI is InChI=1S/C10H11NO5/c12-7-3-1-6(2-4-7)11-10(16)8(13)5-9(14)15/h1-4,8,12-13H,5H2,(H,11,16)(H,14,15). The molecule has 0 radical (unpaired) electrons. The zero-order chi connectivity index (χ0) is 12.1. The van der Waals surface area contributed by atoms with Crippen molar-refractivity contribution < 1.29 is 24.9 Å². The fraction of sp³-hybridized carbons (Fsp3) is 0.200. The van der Waals surface area contributed by atoms with Crippen molar-refractivity contribution in [3.8, 4) is 5.75 Å². The van der Waals surface area contributed by atoms with Gasteiger partial charge < -0.3 is 20.6 Å². The van der Waals surface area contributed by atoms with Crippen molar-refractivity contribution in [2.45, 2.75) is 12.5 Å². The van der Waals surface area contributed by atoms with Crippen molar-refractivity contribution in [3.05, 3.63) is 24.3 Å². The highest BCUT2D eigenvalue weighted by Gasteiger charge is 2.18. The van der Waals surface area contributed by atoms with Gasteiger partial charge in [-0.25, -0.2) is 0 Å². The predicted octanol–water partition coefficient (Wildman–Crippen LogP) is 0.166. The third-order valence-corrected chi connectivity index (χ3v) is 1.81. The third-order valence-electron chi connectivity index (χ3n) is 1.81. The second-order valence-corrected chi connectivity index (χ2v) is 3.15. The largest absolute Gasteiger partial charge is 0.508 e. The zero-order valence-electron chi connectivity index (χ0n) is 8.25. The van der Waals surface area contributed by atoms with Crippen LogP contribution in [0.25, 0.3) is 0 Å². The number of amides is 1. The molecular formula is C10H11NO5. The Morgan fingerprint density at radius 3 is 2.31 bits per heavy atom. The van der Waals surface area contributed by atoms with Gasteiger partial charge in [0, 0.05) is 5.69 Å². The quantitative estimate of drug-likeness (QED) is 0.546. The average Bonchev–Trinajstić information content (AvgIpc) is 2.20. The molecule has 0 saturated heterocycles. The van der Waals surface area contributed by atoms with Crippen LogP contribution in [-0.4, -0.2) is 33.3 Å². The van der Waals surface area contributed by atoms with Gasteiger partial charge >= 0.3 is 5.97 Å². The number of carboxylic acids is 1. The first-order chi connectivity index (χ1) is 7.49. The van der Waals surface area contributed by atoms with Gasteiger partial charge in [0.25, 0.3) is 5.91 Å². The Hall–Kier alpha value is -2.08. The molecule has 6 heteroatoms. The number of aliphatic hydroxyl groups excluding tert-OH is 1. The smallest absolute Gasteiger partial charge is 0.306 e. The van der Waals surface area contributed by atoms with E-state index in [1.165, 1.54) is 24.3 Å². The van der Waals surface area contributed by atoms with Crippen LogP contribution >= 0.6 is 0 Å². The Kier molecular flexibility index (Phi) is 3.84. The highest BCUT2D eigenvalue weighted by Crippen LogP contribution is 2.14. The van der Waals surface area contributed by atoms with Gasteiger partial charge in [-0.2, -0.15) is 0 Å². The molecule has 0 bridgehead atoms. The topological polar surface area (TPSA) is 107 Å². The molecule has 1 atom stereocenters. The van der Waals surface area contributed by atoms with Gasteiger partial charge in [0.15, 0.2) is 0 Å². The zero-order valence-corrected chi connectivity index (χ0v) is 8.25. The van der Waals surface area contributed by atoms with Gasteiger partial charge in [-0.1, -0.05) is 0 Å². The average molecular weight is 225 g/mol. The Balaban J connectivity index is 2.57. The molecule has 0 saturated carbocycles. The van der Waals surface area contributed by atoms with E-state index < -0.39 is 24.4 Å². The van der Waals surface area contributed by atoms with Crippen LogP contribution in [0.3, 0.4) is 0 Å². The van der Waals surface area contributed by atoms with E-state index in [9.17, 15) is 9.59 Å². The lowest BCUT2D eigenvalue weighted by Crippen LogP contribution is -2.29. The normalized spacial score (nSPS) is 11.8. The van der Waals surface area contributed by atoms with Crippen molar-refractivity contribution in [1.29, 1.82) is 0 Å². The lowest BCUT2D eigenvalue weighted by Gasteiger charge is -2.09. The van der Waals surface area contributed by atoms with Crippen LogP contribution in [0.15, 0.2) is 24.3 Å². The molecule has 0 spiro atoms. The first kappa shape index (κ1) is 12.0. The summed E-state index contributed by atoms with van der Waals surface area (Å²) < 4.78 is 0. The van der Waals surface area contributed by atoms with Crippen molar-refractivity contribution in [2.75, 3.05) is 5.32 Å². The van der Waals surface area contributed by atoms with Gasteiger partial charge in [-0.15, -0.1) is 0 Å². The third kappa shape index (κ3) is 3.58. The maximum Gasteiger partial charge on any atom is 0.306 e. The summed E-state index contributed by atoms with van der Waals surface area (Å²) in [6.07, 6.45) is -2.24. The molecule has 0 aliphatic heterocycles. The summed E-state index contributed by atoms with van der Waals surface area (Å²) in [6.45, 7) is 0. The minimum absolute atomic E-state index is 0.0454. The highest BCUT2D eigenvalue weighted by molar-refractivity contribution is 5.95. The number of hydrogen-bond donors (Lipinski definition) is 4. The van der Waals surface area contributed by atoms with Gasteiger partial charge in [0.1, 0.15) is 11.9 Å². The molecule has 0 aliphatic carbocycles. The fourth-order valence-electron chi connectivity index (χ4n) is 1.03. The van der Waals surface area contributed by atoms with E-state index in [0.29, 0.717) is 5.69 Å². The molecule has 16 heavy (non-hydrogen) atoms. The molecule has 1 rings (SSSR count). The van der Waals surface area contributed by atoms with Crippen LogP contribution in [0.4, 0.5) is 5.69 Å². The number of anilines is 1. The summed E-state index contributed by atoms with van der Waals surface area (Å²) in [5.41, 5.74) is 0.368. The lowest BCUT2D eigenvalue weighted by molar-refractivity contribution is -0.142. The molecule has 0 aromatic heterocycles. The number of aliphatic carboxylic acids is 1. The number of phenolic OH excluding ortho intramolecular Hbond substituents is 1. The number of carbonyl (C=O) groups excluding carboxylic acids is 1. The van der Waals surface area contributed by atoms with E-state index >= 15 is 0 Å². The van der Waals surface area contributed by atoms with Gasteiger partial charge in [0.2, 0.25) is 0 Å². The monoisotopic (exact) mass is 225 g/mol. The molecule has 6 nitrogen and oxygen atoms in total. The van der Waals surface area contributed by atoms with E-state index in [4.69, 9.17) is 15.3 Å². The number of benzene rings is 1. The van der Waals surface area contributed by atoms with E-state index in [0.717, 1.165) is 0 Å². The molecule has 1 aromatic rings. The minimum atomic E-state index is -1.59. The number of carbonyl (C=O) groups is 2. The maximum atomic E-state index is 11.2. The number of aromatic hydroxyl groups is 1. The SMILES string of the molecule is O=C(O)CC(O)C(=O)Nc1ccc(O)cc1. The summed E-state index contributed by atoms with van der Waals surface area (Å²) in [6, 6.07) is 5.58. The first-order valence-corrected chi connectivity index (χ1v) is 4.49. The summed E-state index contributed by atoms with van der Waals surface area (Å²) in [7, 11) is 0. The van der Waals surface area contributed by atoms with Gasteiger partial charge in [-0.05, 0) is 24.3 Å². The molecule has 0 heterocycles. The van der Waals surface area contributed by atoms with Gasteiger partial charge in [0.05, 0.1) is 6.42 Å². The minimum Gasteiger partial charge on any atom is -0.508 e. The van der Waals surface area contributed by atoms with E-state index in [2.05, 4.69) is 5.32 Å². The number of carboxylic acid groups (broad SMARTS) is 1. The summed E-state index contributed by atoms with van der Waals surface area (Å²) >= 11 is 0. The first-order valence-electron chi connectivity index (χ1n) is 4.49. The summed E-state index contributed by atoms with van der Waals surface area (Å²) in [4.78, 5) is 21.5. The molecule has 1 unspecified atom stereocenters. The molecule has 1 amide bonds. The van der Waals surface area contributed by atoms with Crippen LogP contribution in [0.5, 0.6) is 5.75 Å².